The van der Waals surface area contributed by atoms with Crippen molar-refractivity contribution in [2.45, 2.75) is 46.6 Å². The zero-order valence-corrected chi connectivity index (χ0v) is 13.4. The van der Waals surface area contributed by atoms with Gasteiger partial charge >= 0.3 is 0 Å². The normalized spacial score (nSPS) is 11.1. The number of nitrogens with one attached hydrogen (secondary N) is 1. The lowest BCUT2D eigenvalue weighted by atomic mass is 10.1. The molecule has 0 aromatic carbocycles. The molecule has 1 amide bonds. The van der Waals surface area contributed by atoms with E-state index in [1.165, 1.54) is 5.56 Å². The van der Waals surface area contributed by atoms with Crippen LogP contribution in [0.4, 0.5) is 0 Å². The lowest BCUT2D eigenvalue weighted by Crippen LogP contribution is -2.32. The predicted molar refractivity (Wildman–Crippen MR) is 81.5 cm³/mol. The Balaban J connectivity index is 2.40. The van der Waals surface area contributed by atoms with Crippen LogP contribution in [0.1, 0.15) is 51.3 Å². The summed E-state index contributed by atoms with van der Waals surface area (Å²) in [5.41, 5.74) is 2.35. The minimum atomic E-state index is 0.220. The maximum absolute atomic E-state index is 11.9. The topological polar surface area (TPSA) is 50.2 Å². The summed E-state index contributed by atoms with van der Waals surface area (Å²) in [6.45, 7) is 11.4. The quantitative estimate of drug-likeness (QED) is 0.740. The second kappa shape index (κ2) is 8.04. The van der Waals surface area contributed by atoms with Crippen molar-refractivity contribution in [3.63, 3.8) is 0 Å². The van der Waals surface area contributed by atoms with E-state index < -0.39 is 0 Å². The molecule has 0 spiro atoms. The van der Waals surface area contributed by atoms with E-state index in [9.17, 15) is 4.79 Å². The van der Waals surface area contributed by atoms with Gasteiger partial charge in [0.25, 0.3) is 0 Å². The molecule has 0 radical (unpaired) electrons. The number of hydrogen-bond donors (Lipinski definition) is 1. The number of rotatable bonds is 8. The summed E-state index contributed by atoms with van der Waals surface area (Å²) in [5.74, 6) is 0.642. The molecular weight excluding hydrogens is 252 g/mol. The van der Waals surface area contributed by atoms with E-state index in [1.54, 1.807) is 0 Å². The van der Waals surface area contributed by atoms with Crippen LogP contribution >= 0.6 is 0 Å². The van der Waals surface area contributed by atoms with Crippen molar-refractivity contribution >= 4 is 5.91 Å². The van der Waals surface area contributed by atoms with Crippen LogP contribution < -0.4 is 5.32 Å². The molecule has 1 aromatic rings. The van der Waals surface area contributed by atoms with Gasteiger partial charge in [0.15, 0.2) is 0 Å². The molecule has 0 aliphatic heterocycles. The third-order valence-corrected chi connectivity index (χ3v) is 3.43. The zero-order valence-electron chi connectivity index (χ0n) is 13.4. The van der Waals surface area contributed by atoms with Crippen molar-refractivity contribution in [1.82, 2.24) is 20.0 Å². The molecule has 0 unspecified atom stereocenters. The van der Waals surface area contributed by atoms with E-state index in [0.29, 0.717) is 18.9 Å². The maximum atomic E-state index is 11.9. The third kappa shape index (κ3) is 4.63. The van der Waals surface area contributed by atoms with Crippen LogP contribution in [0.2, 0.25) is 0 Å². The number of aromatic nitrogens is 2. The van der Waals surface area contributed by atoms with Gasteiger partial charge in [0.2, 0.25) is 5.91 Å². The summed E-state index contributed by atoms with van der Waals surface area (Å²) < 4.78 is 1.85. The van der Waals surface area contributed by atoms with Gasteiger partial charge in [0, 0.05) is 51.4 Å². The molecule has 0 saturated heterocycles. The Hall–Kier alpha value is -1.36. The number of nitrogens with zero attached hydrogens (tertiary/aromatic N) is 3. The van der Waals surface area contributed by atoms with Crippen molar-refractivity contribution in [1.29, 1.82) is 0 Å². The summed E-state index contributed by atoms with van der Waals surface area (Å²) in [6.07, 6.45) is 2.60. The largest absolute Gasteiger partial charge is 0.343 e. The Bertz CT molecular complexity index is 422. The van der Waals surface area contributed by atoms with E-state index in [1.807, 2.05) is 30.5 Å². The van der Waals surface area contributed by atoms with Crippen LogP contribution in [-0.4, -0.2) is 40.2 Å². The summed E-state index contributed by atoms with van der Waals surface area (Å²) in [6, 6.07) is 0. The predicted octanol–water partition coefficient (Wildman–Crippen LogP) is 1.89. The molecule has 0 aliphatic carbocycles. The average Bonchev–Trinajstić information content (AvgIpc) is 2.77. The van der Waals surface area contributed by atoms with Gasteiger partial charge in [-0.05, 0) is 19.8 Å². The molecule has 1 heterocycles. The van der Waals surface area contributed by atoms with Crippen molar-refractivity contribution in [2.75, 3.05) is 19.6 Å². The van der Waals surface area contributed by atoms with Crippen LogP contribution in [0.5, 0.6) is 0 Å². The summed E-state index contributed by atoms with van der Waals surface area (Å²) in [4.78, 5) is 13.7. The van der Waals surface area contributed by atoms with Crippen LogP contribution in [0, 0.1) is 0 Å². The monoisotopic (exact) mass is 280 g/mol. The smallest absolute Gasteiger partial charge is 0.223 e. The van der Waals surface area contributed by atoms with Crippen LogP contribution in [-0.2, 0) is 18.4 Å². The van der Waals surface area contributed by atoms with E-state index in [0.717, 1.165) is 25.3 Å². The number of aryl methyl sites for hydroxylation is 1. The van der Waals surface area contributed by atoms with Gasteiger partial charge in [-0.15, -0.1) is 0 Å². The van der Waals surface area contributed by atoms with Gasteiger partial charge in [-0.3, -0.25) is 9.48 Å². The third-order valence-electron chi connectivity index (χ3n) is 3.43. The van der Waals surface area contributed by atoms with Crippen molar-refractivity contribution in [2.24, 2.45) is 7.05 Å². The first-order valence-electron chi connectivity index (χ1n) is 7.50. The Kier molecular flexibility index (Phi) is 6.71. The van der Waals surface area contributed by atoms with Crippen molar-refractivity contribution < 1.29 is 4.79 Å². The number of hydrogen-bond acceptors (Lipinski definition) is 3. The zero-order chi connectivity index (χ0) is 15.1. The average molecular weight is 280 g/mol. The Labute approximate surface area is 122 Å². The lowest BCUT2D eigenvalue weighted by Gasteiger charge is -2.18. The first kappa shape index (κ1) is 16.7. The summed E-state index contributed by atoms with van der Waals surface area (Å²) in [5, 5.41) is 7.82. The van der Waals surface area contributed by atoms with Gasteiger partial charge in [-0.1, -0.05) is 13.8 Å². The van der Waals surface area contributed by atoms with Gasteiger partial charge in [-0.25, -0.2) is 0 Å². The highest BCUT2D eigenvalue weighted by Crippen LogP contribution is 2.16. The standard InChI is InChI=1S/C15H28N4O/c1-6-19(7-2)14(20)8-9-16-10-13-11-18(5)17-15(13)12(3)4/h11-12,16H,6-10H2,1-5H3. The highest BCUT2D eigenvalue weighted by molar-refractivity contribution is 5.76. The highest BCUT2D eigenvalue weighted by atomic mass is 16.2. The molecule has 0 aliphatic rings. The fourth-order valence-electron chi connectivity index (χ4n) is 2.33. The van der Waals surface area contributed by atoms with Gasteiger partial charge in [0.1, 0.15) is 0 Å². The van der Waals surface area contributed by atoms with Crippen LogP contribution in [0.25, 0.3) is 0 Å². The number of carbonyl (C=O) groups is 1. The molecule has 0 saturated carbocycles. The molecule has 114 valence electrons. The van der Waals surface area contributed by atoms with E-state index in [2.05, 4.69) is 30.5 Å². The Morgan fingerprint density at radius 1 is 1.40 bits per heavy atom. The van der Waals surface area contributed by atoms with E-state index in [4.69, 9.17) is 0 Å². The second-order valence-electron chi connectivity index (χ2n) is 5.36. The molecule has 5 heteroatoms. The fourth-order valence-corrected chi connectivity index (χ4v) is 2.33. The molecule has 0 atom stereocenters. The SMILES string of the molecule is CCN(CC)C(=O)CCNCc1cn(C)nc1C(C)C. The molecule has 1 aromatic heterocycles. The number of amides is 1. The molecule has 0 bridgehead atoms. The maximum Gasteiger partial charge on any atom is 0.223 e. The molecule has 5 nitrogen and oxygen atoms in total. The molecule has 1 N–H and O–H groups in total. The second-order valence-corrected chi connectivity index (χ2v) is 5.36. The van der Waals surface area contributed by atoms with Gasteiger partial charge < -0.3 is 10.2 Å². The molecule has 0 fully saturated rings. The Morgan fingerprint density at radius 3 is 2.60 bits per heavy atom. The van der Waals surface area contributed by atoms with Crippen molar-refractivity contribution in [3.05, 3.63) is 17.5 Å². The summed E-state index contributed by atoms with van der Waals surface area (Å²) in [7, 11) is 1.94. The minimum Gasteiger partial charge on any atom is -0.343 e. The minimum absolute atomic E-state index is 0.220. The van der Waals surface area contributed by atoms with Crippen LogP contribution in [0.15, 0.2) is 6.20 Å². The first-order chi connectivity index (χ1) is 9.49. The summed E-state index contributed by atoms with van der Waals surface area (Å²) >= 11 is 0. The first-order valence-corrected chi connectivity index (χ1v) is 7.50. The number of carbonyl (C=O) groups excluding carboxylic acids is 1. The van der Waals surface area contributed by atoms with E-state index in [-0.39, 0.29) is 5.91 Å². The Morgan fingerprint density at radius 2 is 2.05 bits per heavy atom. The molecular formula is C15H28N4O. The fraction of sp³-hybridized carbons (Fsp3) is 0.733. The highest BCUT2D eigenvalue weighted by Gasteiger charge is 2.12. The van der Waals surface area contributed by atoms with Gasteiger partial charge in [-0.2, -0.15) is 5.10 Å². The molecule has 20 heavy (non-hydrogen) atoms. The van der Waals surface area contributed by atoms with Crippen molar-refractivity contribution in [3.8, 4) is 0 Å². The van der Waals surface area contributed by atoms with E-state index >= 15 is 0 Å². The lowest BCUT2D eigenvalue weighted by molar-refractivity contribution is -0.130. The molecule has 1 rings (SSSR count). The van der Waals surface area contributed by atoms with Gasteiger partial charge in [0.05, 0.1) is 5.69 Å². The van der Waals surface area contributed by atoms with Crippen LogP contribution in [0.3, 0.4) is 0 Å².